The molecule has 1 saturated carbocycles. The van der Waals surface area contributed by atoms with Gasteiger partial charge in [-0.05, 0) is 49.9 Å². The number of hydrogen-bond acceptors (Lipinski definition) is 6. The molecule has 180 valence electrons. The van der Waals surface area contributed by atoms with Gasteiger partial charge < -0.3 is 9.88 Å². The van der Waals surface area contributed by atoms with Gasteiger partial charge in [0.15, 0.2) is 5.16 Å². The molecule has 0 saturated heterocycles. The fraction of sp³-hybridized carbons (Fsp3) is 0.375. The molecule has 2 N–H and O–H groups in total. The first kappa shape index (κ1) is 24.4. The van der Waals surface area contributed by atoms with Crippen LogP contribution in [0.5, 0.6) is 0 Å². The van der Waals surface area contributed by atoms with Crippen LogP contribution < -0.4 is 10.0 Å². The highest BCUT2D eigenvalue weighted by Crippen LogP contribution is 2.40. The number of thioether (sulfide) groups is 1. The smallest absolute Gasteiger partial charge is 0.240 e. The number of carbonyl (C=O) groups excluding carboxylic acids is 1. The van der Waals surface area contributed by atoms with E-state index in [2.05, 4.69) is 36.9 Å². The van der Waals surface area contributed by atoms with Crippen molar-refractivity contribution in [3.05, 3.63) is 71.5 Å². The standard InChI is InChI=1S/C24H29N5O3S2/c1-17(2)28-34(31,32)21-10-6-9-19(13-21)14-25-22(30)16-33-24-27-26-23(20-11-12-20)29(24)15-18-7-4-3-5-8-18/h3-10,13,17,20,28H,11-12,14-16H2,1-2H3,(H,25,30). The normalized spacial score (nSPS) is 13.9. The van der Waals surface area contributed by atoms with Gasteiger partial charge >= 0.3 is 0 Å². The Bertz CT molecular complexity index is 1240. The van der Waals surface area contributed by atoms with Crippen LogP contribution in [0.25, 0.3) is 0 Å². The minimum atomic E-state index is -3.58. The quantitative estimate of drug-likeness (QED) is 0.392. The minimum absolute atomic E-state index is 0.152. The molecule has 0 bridgehead atoms. The Morgan fingerprint density at radius 1 is 1.09 bits per heavy atom. The van der Waals surface area contributed by atoms with Crippen molar-refractivity contribution in [3.63, 3.8) is 0 Å². The summed E-state index contributed by atoms with van der Waals surface area (Å²) >= 11 is 1.36. The SMILES string of the molecule is CC(C)NS(=O)(=O)c1cccc(CNC(=O)CSc2nnc(C3CC3)n2Cc2ccccc2)c1. The zero-order valence-corrected chi connectivity index (χ0v) is 20.9. The number of nitrogens with zero attached hydrogens (tertiary/aromatic N) is 3. The molecule has 3 aromatic rings. The van der Waals surface area contributed by atoms with E-state index in [0.29, 0.717) is 18.0 Å². The van der Waals surface area contributed by atoms with E-state index in [9.17, 15) is 13.2 Å². The lowest BCUT2D eigenvalue weighted by atomic mass is 10.2. The van der Waals surface area contributed by atoms with Crippen molar-refractivity contribution >= 4 is 27.7 Å². The van der Waals surface area contributed by atoms with E-state index in [1.54, 1.807) is 38.1 Å². The van der Waals surface area contributed by atoms with Crippen molar-refractivity contribution in [1.82, 2.24) is 24.8 Å². The summed E-state index contributed by atoms with van der Waals surface area (Å²) in [6.45, 7) is 4.46. The third-order valence-corrected chi connectivity index (χ3v) is 7.92. The molecule has 1 aromatic heterocycles. The number of amides is 1. The molecule has 0 aliphatic heterocycles. The molecule has 1 aliphatic carbocycles. The van der Waals surface area contributed by atoms with Gasteiger partial charge in [0.05, 0.1) is 17.2 Å². The fourth-order valence-electron chi connectivity index (χ4n) is 3.55. The van der Waals surface area contributed by atoms with Crippen LogP contribution in [0.1, 0.15) is 49.6 Å². The molecular weight excluding hydrogens is 470 g/mol. The lowest BCUT2D eigenvalue weighted by Gasteiger charge is -2.11. The van der Waals surface area contributed by atoms with Crippen molar-refractivity contribution in [2.24, 2.45) is 0 Å². The van der Waals surface area contributed by atoms with Crippen LogP contribution in [0.15, 0.2) is 64.6 Å². The Labute approximate surface area is 204 Å². The first-order chi connectivity index (χ1) is 16.3. The van der Waals surface area contributed by atoms with Crippen LogP contribution in [0.2, 0.25) is 0 Å². The van der Waals surface area contributed by atoms with Crippen LogP contribution in [0.3, 0.4) is 0 Å². The highest BCUT2D eigenvalue weighted by molar-refractivity contribution is 7.99. The van der Waals surface area contributed by atoms with E-state index in [-0.39, 0.29) is 29.1 Å². The largest absolute Gasteiger partial charge is 0.351 e. The molecule has 10 heteroatoms. The molecule has 0 atom stereocenters. The number of benzene rings is 2. The van der Waals surface area contributed by atoms with Crippen molar-refractivity contribution in [2.75, 3.05) is 5.75 Å². The molecular formula is C24H29N5O3S2. The van der Waals surface area contributed by atoms with Gasteiger partial charge in [0.2, 0.25) is 15.9 Å². The Kier molecular flexibility index (Phi) is 7.70. The summed E-state index contributed by atoms with van der Waals surface area (Å²) in [6.07, 6.45) is 2.25. The second-order valence-corrected chi connectivity index (χ2v) is 11.3. The third-order valence-electron chi connectivity index (χ3n) is 5.29. The number of nitrogens with one attached hydrogen (secondary N) is 2. The van der Waals surface area contributed by atoms with Gasteiger partial charge in [-0.2, -0.15) is 0 Å². The molecule has 0 spiro atoms. The number of aromatic nitrogens is 3. The molecule has 0 unspecified atom stereocenters. The molecule has 34 heavy (non-hydrogen) atoms. The lowest BCUT2D eigenvalue weighted by Crippen LogP contribution is -2.30. The highest BCUT2D eigenvalue weighted by Gasteiger charge is 2.30. The van der Waals surface area contributed by atoms with E-state index >= 15 is 0 Å². The van der Waals surface area contributed by atoms with Crippen LogP contribution >= 0.6 is 11.8 Å². The third kappa shape index (κ3) is 6.46. The number of sulfonamides is 1. The predicted molar refractivity (Wildman–Crippen MR) is 132 cm³/mol. The first-order valence-corrected chi connectivity index (χ1v) is 13.8. The van der Waals surface area contributed by atoms with E-state index in [4.69, 9.17) is 0 Å². The molecule has 2 aromatic carbocycles. The summed E-state index contributed by atoms with van der Waals surface area (Å²) in [5.74, 6) is 1.48. The van der Waals surface area contributed by atoms with Crippen molar-refractivity contribution in [3.8, 4) is 0 Å². The van der Waals surface area contributed by atoms with Crippen LogP contribution in [-0.4, -0.2) is 40.9 Å². The van der Waals surface area contributed by atoms with Crippen LogP contribution in [0.4, 0.5) is 0 Å². The average molecular weight is 500 g/mol. The first-order valence-electron chi connectivity index (χ1n) is 11.3. The molecule has 1 aliphatic rings. The van der Waals surface area contributed by atoms with Gasteiger partial charge in [0.25, 0.3) is 0 Å². The Hall–Kier alpha value is -2.69. The monoisotopic (exact) mass is 499 g/mol. The van der Waals surface area contributed by atoms with Gasteiger partial charge in [0.1, 0.15) is 5.82 Å². The summed E-state index contributed by atoms with van der Waals surface area (Å²) in [5, 5.41) is 12.3. The maximum Gasteiger partial charge on any atom is 0.240 e. The summed E-state index contributed by atoms with van der Waals surface area (Å²) < 4.78 is 29.5. The van der Waals surface area contributed by atoms with Crippen LogP contribution in [-0.2, 0) is 27.9 Å². The molecule has 1 heterocycles. The second-order valence-electron chi connectivity index (χ2n) is 8.68. The van der Waals surface area contributed by atoms with Gasteiger partial charge in [0, 0.05) is 18.5 Å². The summed E-state index contributed by atoms with van der Waals surface area (Å²) in [5.41, 5.74) is 1.88. The number of carbonyl (C=O) groups is 1. The fourth-order valence-corrected chi connectivity index (χ4v) is 5.64. The van der Waals surface area contributed by atoms with E-state index in [1.165, 1.54) is 11.8 Å². The van der Waals surface area contributed by atoms with E-state index < -0.39 is 10.0 Å². The summed E-state index contributed by atoms with van der Waals surface area (Å²) in [7, 11) is -3.58. The zero-order valence-electron chi connectivity index (χ0n) is 19.3. The topological polar surface area (TPSA) is 106 Å². The van der Waals surface area contributed by atoms with Crippen molar-refractivity contribution in [2.45, 2.75) is 61.8 Å². The van der Waals surface area contributed by atoms with Gasteiger partial charge in [-0.3, -0.25) is 4.79 Å². The van der Waals surface area contributed by atoms with Crippen molar-refractivity contribution < 1.29 is 13.2 Å². The molecule has 0 radical (unpaired) electrons. The van der Waals surface area contributed by atoms with E-state index in [0.717, 1.165) is 29.4 Å². The Balaban J connectivity index is 1.36. The summed E-state index contributed by atoms with van der Waals surface area (Å²) in [6, 6.07) is 16.5. The summed E-state index contributed by atoms with van der Waals surface area (Å²) in [4.78, 5) is 12.7. The molecule has 8 nitrogen and oxygen atoms in total. The average Bonchev–Trinajstić information content (AvgIpc) is 3.58. The highest BCUT2D eigenvalue weighted by atomic mass is 32.2. The number of hydrogen-bond donors (Lipinski definition) is 2. The number of rotatable bonds is 11. The van der Waals surface area contributed by atoms with Gasteiger partial charge in [-0.25, -0.2) is 13.1 Å². The van der Waals surface area contributed by atoms with Crippen molar-refractivity contribution in [1.29, 1.82) is 0 Å². The zero-order chi connectivity index (χ0) is 24.1. The molecule has 4 rings (SSSR count). The lowest BCUT2D eigenvalue weighted by molar-refractivity contribution is -0.118. The maximum atomic E-state index is 12.5. The maximum absolute atomic E-state index is 12.5. The molecule has 1 fully saturated rings. The van der Waals surface area contributed by atoms with Crippen LogP contribution in [0, 0.1) is 0 Å². The predicted octanol–water partition coefficient (Wildman–Crippen LogP) is 3.30. The van der Waals surface area contributed by atoms with Gasteiger partial charge in [-0.15, -0.1) is 10.2 Å². The van der Waals surface area contributed by atoms with Gasteiger partial charge in [-0.1, -0.05) is 54.2 Å². The second kappa shape index (κ2) is 10.7. The molecule has 1 amide bonds. The minimum Gasteiger partial charge on any atom is -0.351 e. The van der Waals surface area contributed by atoms with E-state index in [1.807, 2.05) is 18.2 Å². The Morgan fingerprint density at radius 2 is 1.82 bits per heavy atom. The Morgan fingerprint density at radius 3 is 2.53 bits per heavy atom.